The molecule has 26 heavy (non-hydrogen) atoms. The van der Waals surface area contributed by atoms with E-state index in [2.05, 4.69) is 33.8 Å². The zero-order valence-corrected chi connectivity index (χ0v) is 15.0. The molecule has 0 aliphatic carbocycles. The topological polar surface area (TPSA) is 74.2 Å². The fraction of sp³-hybridized carbons (Fsp3) is 0.238. The number of hydrogen-bond donors (Lipinski definition) is 3. The molecule has 134 valence electrons. The first-order valence-corrected chi connectivity index (χ1v) is 8.76. The fourth-order valence-electron chi connectivity index (χ4n) is 2.79. The normalized spacial score (nSPS) is 12.0. The van der Waals surface area contributed by atoms with E-state index in [9.17, 15) is 9.90 Å². The molecule has 0 radical (unpaired) electrons. The maximum Gasteiger partial charge on any atom is 0.319 e. The largest absolute Gasteiger partial charge is 0.391 e. The predicted octanol–water partition coefficient (Wildman–Crippen LogP) is 4.10. The van der Waals surface area contributed by atoms with Crippen LogP contribution in [0.25, 0.3) is 22.0 Å². The number of hydrogen-bond acceptors (Lipinski definition) is 3. The lowest BCUT2D eigenvalue weighted by atomic mass is 10.0. The number of carbonyl (C=O) groups is 1. The van der Waals surface area contributed by atoms with Gasteiger partial charge >= 0.3 is 6.03 Å². The number of carbonyl (C=O) groups excluding carboxylic acids is 1. The molecule has 3 rings (SSSR count). The van der Waals surface area contributed by atoms with Gasteiger partial charge in [-0.1, -0.05) is 37.3 Å². The van der Waals surface area contributed by atoms with Gasteiger partial charge in [0.15, 0.2) is 0 Å². The van der Waals surface area contributed by atoms with Gasteiger partial charge in [-0.05, 0) is 43.2 Å². The Bertz CT molecular complexity index is 910. The smallest absolute Gasteiger partial charge is 0.319 e. The Morgan fingerprint density at radius 3 is 2.65 bits per heavy atom. The third-order valence-corrected chi connectivity index (χ3v) is 4.32. The second-order valence-corrected chi connectivity index (χ2v) is 6.29. The molecule has 3 N–H and O–H groups in total. The summed E-state index contributed by atoms with van der Waals surface area (Å²) < 4.78 is 0. The molecule has 0 fully saturated rings. The fourth-order valence-corrected chi connectivity index (χ4v) is 2.79. The number of aryl methyl sites for hydroxylation is 1. The molecule has 3 aromatic rings. The Morgan fingerprint density at radius 2 is 1.92 bits per heavy atom. The van der Waals surface area contributed by atoms with E-state index in [1.54, 1.807) is 0 Å². The van der Waals surface area contributed by atoms with Crippen LogP contribution in [-0.2, 0) is 0 Å². The van der Waals surface area contributed by atoms with Crippen molar-refractivity contribution in [1.29, 1.82) is 0 Å². The molecule has 1 aromatic heterocycles. The van der Waals surface area contributed by atoms with Gasteiger partial charge in [-0.3, -0.25) is 4.98 Å². The number of pyridine rings is 1. The molecular formula is C21H23N3O2. The summed E-state index contributed by atoms with van der Waals surface area (Å²) in [5.74, 6) is 0. The first kappa shape index (κ1) is 17.9. The van der Waals surface area contributed by atoms with E-state index in [-0.39, 0.29) is 12.6 Å². The molecule has 1 heterocycles. The van der Waals surface area contributed by atoms with Crippen LogP contribution in [0.3, 0.4) is 0 Å². The summed E-state index contributed by atoms with van der Waals surface area (Å²) in [5, 5.41) is 15.9. The van der Waals surface area contributed by atoms with E-state index in [0.29, 0.717) is 12.1 Å². The van der Waals surface area contributed by atoms with Crippen molar-refractivity contribution in [3.63, 3.8) is 0 Å². The third-order valence-electron chi connectivity index (χ3n) is 4.32. The predicted molar refractivity (Wildman–Crippen MR) is 105 cm³/mol. The quantitative estimate of drug-likeness (QED) is 0.649. The highest BCUT2D eigenvalue weighted by Gasteiger charge is 2.08. The molecular weight excluding hydrogens is 326 g/mol. The van der Waals surface area contributed by atoms with Crippen molar-refractivity contribution in [2.45, 2.75) is 26.4 Å². The van der Waals surface area contributed by atoms with Crippen LogP contribution >= 0.6 is 0 Å². The number of urea groups is 1. The van der Waals surface area contributed by atoms with Crippen LogP contribution in [0.2, 0.25) is 0 Å². The Balaban J connectivity index is 1.83. The van der Waals surface area contributed by atoms with Crippen LogP contribution < -0.4 is 10.6 Å². The van der Waals surface area contributed by atoms with Gasteiger partial charge in [0.05, 0.1) is 11.6 Å². The van der Waals surface area contributed by atoms with Crippen molar-refractivity contribution in [1.82, 2.24) is 10.3 Å². The van der Waals surface area contributed by atoms with Gasteiger partial charge in [-0.2, -0.15) is 0 Å². The maximum absolute atomic E-state index is 12.0. The van der Waals surface area contributed by atoms with Crippen molar-refractivity contribution in [2.24, 2.45) is 0 Å². The van der Waals surface area contributed by atoms with E-state index in [0.717, 1.165) is 27.7 Å². The summed E-state index contributed by atoms with van der Waals surface area (Å²) in [5.41, 5.74) is 4.73. The van der Waals surface area contributed by atoms with Crippen LogP contribution in [0, 0.1) is 6.92 Å². The molecule has 1 atom stereocenters. The van der Waals surface area contributed by atoms with E-state index in [4.69, 9.17) is 0 Å². The lowest BCUT2D eigenvalue weighted by Gasteiger charge is -2.12. The molecule has 5 heteroatoms. The molecule has 0 aliphatic rings. The molecule has 0 saturated heterocycles. The average Bonchev–Trinajstić information content (AvgIpc) is 2.66. The number of amides is 2. The molecule has 0 aliphatic heterocycles. The third kappa shape index (κ3) is 4.18. The summed E-state index contributed by atoms with van der Waals surface area (Å²) in [6.07, 6.45) is 0.0711. The molecule has 0 bridgehead atoms. The monoisotopic (exact) mass is 349 g/mol. The Kier molecular flexibility index (Phi) is 5.49. The molecule has 5 nitrogen and oxygen atoms in total. The number of benzene rings is 2. The average molecular weight is 349 g/mol. The highest BCUT2D eigenvalue weighted by molar-refractivity contribution is 5.93. The second-order valence-electron chi connectivity index (χ2n) is 6.29. The zero-order valence-electron chi connectivity index (χ0n) is 15.0. The highest BCUT2D eigenvalue weighted by Crippen LogP contribution is 2.27. The van der Waals surface area contributed by atoms with Gasteiger partial charge in [0.25, 0.3) is 0 Å². The van der Waals surface area contributed by atoms with Gasteiger partial charge < -0.3 is 15.7 Å². The first-order chi connectivity index (χ1) is 12.6. The number of anilines is 1. The number of aliphatic hydroxyl groups excluding tert-OH is 1. The SMILES string of the molecule is CCC(O)CNC(=O)Nc1ccc2nc(C)c(-c3ccccc3)cc2c1. The number of nitrogens with zero attached hydrogens (tertiary/aromatic N) is 1. The number of fused-ring (bicyclic) bond motifs is 1. The van der Waals surface area contributed by atoms with Gasteiger partial charge in [0.1, 0.15) is 0 Å². The molecule has 0 saturated carbocycles. The van der Waals surface area contributed by atoms with Crippen LogP contribution in [0.15, 0.2) is 54.6 Å². The second kappa shape index (κ2) is 7.97. The van der Waals surface area contributed by atoms with Crippen LogP contribution in [0.5, 0.6) is 0 Å². The first-order valence-electron chi connectivity index (χ1n) is 8.76. The number of rotatable bonds is 5. The Hall–Kier alpha value is -2.92. The van der Waals surface area contributed by atoms with E-state index in [1.165, 1.54) is 0 Å². The number of nitrogens with one attached hydrogen (secondary N) is 2. The zero-order chi connectivity index (χ0) is 18.5. The van der Waals surface area contributed by atoms with Gasteiger partial charge in [-0.25, -0.2) is 4.79 Å². The summed E-state index contributed by atoms with van der Waals surface area (Å²) >= 11 is 0. The van der Waals surface area contributed by atoms with Crippen molar-refractivity contribution in [2.75, 3.05) is 11.9 Å². The minimum absolute atomic E-state index is 0.231. The molecule has 2 aromatic carbocycles. The van der Waals surface area contributed by atoms with Gasteiger partial charge in [0, 0.05) is 28.9 Å². The Labute approximate surface area is 153 Å². The Morgan fingerprint density at radius 1 is 1.15 bits per heavy atom. The maximum atomic E-state index is 12.0. The van der Waals surface area contributed by atoms with E-state index in [1.807, 2.05) is 50.2 Å². The highest BCUT2D eigenvalue weighted by atomic mass is 16.3. The standard InChI is InChI=1S/C21H23N3O2/c1-3-18(25)13-22-21(26)24-17-9-10-20-16(11-17)12-19(14(2)23-20)15-7-5-4-6-8-15/h4-12,18,25H,3,13H2,1-2H3,(H2,22,24,26). The summed E-state index contributed by atoms with van der Waals surface area (Å²) in [7, 11) is 0. The summed E-state index contributed by atoms with van der Waals surface area (Å²) in [6.45, 7) is 4.10. The van der Waals surface area contributed by atoms with Crippen LogP contribution in [-0.4, -0.2) is 28.8 Å². The van der Waals surface area contributed by atoms with Crippen molar-refractivity contribution >= 4 is 22.6 Å². The minimum atomic E-state index is -0.530. The molecule has 1 unspecified atom stereocenters. The van der Waals surface area contributed by atoms with Crippen molar-refractivity contribution in [3.05, 3.63) is 60.3 Å². The molecule has 0 spiro atoms. The van der Waals surface area contributed by atoms with Crippen LogP contribution in [0.4, 0.5) is 10.5 Å². The minimum Gasteiger partial charge on any atom is -0.391 e. The number of aromatic nitrogens is 1. The van der Waals surface area contributed by atoms with Gasteiger partial charge in [-0.15, -0.1) is 0 Å². The number of aliphatic hydroxyl groups is 1. The lowest BCUT2D eigenvalue weighted by Crippen LogP contribution is -2.34. The van der Waals surface area contributed by atoms with Gasteiger partial charge in [0.2, 0.25) is 0 Å². The summed E-state index contributed by atoms with van der Waals surface area (Å²) in [6, 6.07) is 17.5. The van der Waals surface area contributed by atoms with Crippen molar-refractivity contribution < 1.29 is 9.90 Å². The molecule has 2 amide bonds. The summed E-state index contributed by atoms with van der Waals surface area (Å²) in [4.78, 5) is 16.6. The van der Waals surface area contributed by atoms with E-state index >= 15 is 0 Å². The van der Waals surface area contributed by atoms with Crippen molar-refractivity contribution in [3.8, 4) is 11.1 Å². The van der Waals surface area contributed by atoms with Crippen LogP contribution in [0.1, 0.15) is 19.0 Å². The van der Waals surface area contributed by atoms with E-state index < -0.39 is 6.10 Å². The lowest BCUT2D eigenvalue weighted by molar-refractivity contribution is 0.168.